The van der Waals surface area contributed by atoms with Crippen molar-refractivity contribution in [3.63, 3.8) is 0 Å². The van der Waals surface area contributed by atoms with Gasteiger partial charge in [0.1, 0.15) is 0 Å². The number of nitrogens with two attached hydrogens (primary N) is 1. The third kappa shape index (κ3) is 8.23. The summed E-state index contributed by atoms with van der Waals surface area (Å²) in [6.45, 7) is 14.2. The van der Waals surface area contributed by atoms with Crippen molar-refractivity contribution in [2.45, 2.75) is 71.4 Å². The van der Waals surface area contributed by atoms with Crippen LogP contribution in [0.4, 0.5) is 0 Å². The number of allylic oxidation sites excluding steroid dienone is 6. The maximum Gasteiger partial charge on any atom is 0.0627 e. The molecule has 0 radical (unpaired) electrons. The van der Waals surface area contributed by atoms with Crippen molar-refractivity contribution in [3.8, 4) is 12.3 Å². The lowest BCUT2D eigenvalue weighted by atomic mass is 9.81. The summed E-state index contributed by atoms with van der Waals surface area (Å²) in [5.41, 5.74) is 11.6. The van der Waals surface area contributed by atoms with Crippen LogP contribution >= 0.6 is 0 Å². The molecule has 0 aromatic rings. The van der Waals surface area contributed by atoms with Crippen molar-refractivity contribution >= 4 is 0 Å². The van der Waals surface area contributed by atoms with E-state index in [4.69, 9.17) is 12.2 Å². The average molecular weight is 382 g/mol. The first kappa shape index (κ1) is 23.9. The summed E-state index contributed by atoms with van der Waals surface area (Å²) < 4.78 is 0. The van der Waals surface area contributed by atoms with E-state index in [1.807, 2.05) is 26.1 Å². The predicted octanol–water partition coefficient (Wildman–Crippen LogP) is 4.96. The Morgan fingerprint density at radius 2 is 1.89 bits per heavy atom. The van der Waals surface area contributed by atoms with Gasteiger partial charge in [0.15, 0.2) is 0 Å². The lowest BCUT2D eigenvalue weighted by Gasteiger charge is -2.31. The molecule has 0 heterocycles. The van der Waals surface area contributed by atoms with Crippen LogP contribution in [0.1, 0.15) is 59.3 Å². The highest BCUT2D eigenvalue weighted by atomic mass is 15.0. The normalized spacial score (nSPS) is 22.2. The monoisotopic (exact) mass is 381 g/mol. The Morgan fingerprint density at radius 3 is 2.39 bits per heavy atom. The highest BCUT2D eigenvalue weighted by molar-refractivity contribution is 5.37. The minimum Gasteiger partial charge on any atom is -0.391 e. The van der Waals surface area contributed by atoms with Crippen LogP contribution in [0.3, 0.4) is 0 Å². The minimum atomic E-state index is -0.181. The summed E-state index contributed by atoms with van der Waals surface area (Å²) in [7, 11) is 1.96. The van der Waals surface area contributed by atoms with Crippen LogP contribution in [-0.2, 0) is 0 Å². The maximum atomic E-state index is 6.16. The van der Waals surface area contributed by atoms with Crippen LogP contribution in [0.2, 0.25) is 0 Å². The average Bonchev–Trinajstić information content (AvgIpc) is 2.69. The molecule has 1 aliphatic rings. The summed E-state index contributed by atoms with van der Waals surface area (Å²) >= 11 is 0. The van der Waals surface area contributed by atoms with Gasteiger partial charge in [-0.2, -0.15) is 0 Å². The smallest absolute Gasteiger partial charge is 0.0627 e. The Labute approximate surface area is 172 Å². The Bertz CT molecular complexity index is 658. The fourth-order valence-corrected chi connectivity index (χ4v) is 3.58. The van der Waals surface area contributed by atoms with E-state index < -0.39 is 0 Å². The zero-order valence-corrected chi connectivity index (χ0v) is 18.3. The molecule has 3 heteroatoms. The van der Waals surface area contributed by atoms with Gasteiger partial charge in [-0.25, -0.2) is 0 Å². The number of hydrogen-bond donors (Lipinski definition) is 3. The third-order valence-electron chi connectivity index (χ3n) is 5.46. The van der Waals surface area contributed by atoms with E-state index in [1.165, 1.54) is 24.1 Å². The van der Waals surface area contributed by atoms with E-state index in [2.05, 4.69) is 49.6 Å². The van der Waals surface area contributed by atoms with Gasteiger partial charge in [-0.15, -0.1) is 6.42 Å². The molecule has 1 aliphatic carbocycles. The van der Waals surface area contributed by atoms with E-state index in [0.717, 1.165) is 42.5 Å². The van der Waals surface area contributed by atoms with Crippen LogP contribution in [0.15, 0.2) is 59.5 Å². The fraction of sp³-hybridized carbons (Fsp3) is 0.520. The van der Waals surface area contributed by atoms with E-state index >= 15 is 0 Å². The largest absolute Gasteiger partial charge is 0.391 e. The molecule has 0 aliphatic heterocycles. The van der Waals surface area contributed by atoms with Gasteiger partial charge in [0.05, 0.1) is 6.04 Å². The molecule has 4 N–H and O–H groups in total. The number of hydrogen-bond acceptors (Lipinski definition) is 3. The molecule has 3 nitrogen and oxygen atoms in total. The first-order valence-electron chi connectivity index (χ1n) is 10.4. The first-order valence-corrected chi connectivity index (χ1v) is 10.4. The zero-order chi connectivity index (χ0) is 21.1. The predicted molar refractivity (Wildman–Crippen MR) is 124 cm³/mol. The topological polar surface area (TPSA) is 50.1 Å². The van der Waals surface area contributed by atoms with Gasteiger partial charge in [0, 0.05) is 30.1 Å². The van der Waals surface area contributed by atoms with Gasteiger partial charge in [-0.1, -0.05) is 43.7 Å². The molecule has 0 bridgehead atoms. The Hall–Kier alpha value is -2.18. The van der Waals surface area contributed by atoms with Crippen LogP contribution in [-0.4, -0.2) is 19.1 Å². The molecule has 0 amide bonds. The third-order valence-corrected chi connectivity index (χ3v) is 5.46. The van der Waals surface area contributed by atoms with Crippen LogP contribution in [0.5, 0.6) is 0 Å². The van der Waals surface area contributed by atoms with E-state index in [1.54, 1.807) is 0 Å². The summed E-state index contributed by atoms with van der Waals surface area (Å²) in [5.74, 6) is 3.58. The lowest BCUT2D eigenvalue weighted by molar-refractivity contribution is 0.301. The molecule has 1 atom stereocenters. The van der Waals surface area contributed by atoms with E-state index in [9.17, 15) is 0 Å². The van der Waals surface area contributed by atoms with Gasteiger partial charge in [0.25, 0.3) is 0 Å². The molecule has 1 saturated carbocycles. The highest BCUT2D eigenvalue weighted by Crippen LogP contribution is 2.31. The molecule has 154 valence electrons. The number of nitrogens with one attached hydrogen (secondary N) is 2. The van der Waals surface area contributed by atoms with Crippen LogP contribution in [0, 0.1) is 18.3 Å². The van der Waals surface area contributed by atoms with E-state index in [-0.39, 0.29) is 6.04 Å². The molecule has 1 unspecified atom stereocenters. The summed E-state index contributed by atoms with van der Waals surface area (Å²) in [6, 6.07) is 0.267. The standard InChI is InChI=1S/C25H39N3/c1-8-22(19(5)16-23(9-2)27-7)17-21-11-13-24(14-12-21)28-20(6)25(26)15-10-18(3)4/h1,10,15-16,21,24-25,27-28H,3,6,9,11-14,17,26H2,2,4-5,7H3/b15-10-,22-19-,23-16+. The molecular formula is C25H39N3. The summed E-state index contributed by atoms with van der Waals surface area (Å²) in [5, 5.41) is 6.76. The fourth-order valence-electron chi connectivity index (χ4n) is 3.58. The molecule has 1 fully saturated rings. The van der Waals surface area contributed by atoms with Gasteiger partial charge in [0.2, 0.25) is 0 Å². The maximum absolute atomic E-state index is 6.16. The Balaban J connectivity index is 2.57. The van der Waals surface area contributed by atoms with Crippen molar-refractivity contribution in [3.05, 3.63) is 59.5 Å². The molecule has 28 heavy (non-hydrogen) atoms. The Kier molecular flexibility index (Phi) is 10.5. The molecule has 0 saturated heterocycles. The van der Waals surface area contributed by atoms with Crippen molar-refractivity contribution in [2.75, 3.05) is 7.05 Å². The van der Waals surface area contributed by atoms with E-state index in [0.29, 0.717) is 12.0 Å². The summed E-state index contributed by atoms with van der Waals surface area (Å²) in [4.78, 5) is 0. The molecule has 0 spiro atoms. The van der Waals surface area contributed by atoms with Crippen molar-refractivity contribution < 1.29 is 0 Å². The molecule has 0 aromatic carbocycles. The molecule has 1 rings (SSSR count). The zero-order valence-electron chi connectivity index (χ0n) is 18.3. The first-order chi connectivity index (χ1) is 13.3. The van der Waals surface area contributed by atoms with Crippen LogP contribution in [0.25, 0.3) is 0 Å². The van der Waals surface area contributed by atoms with Crippen molar-refractivity contribution in [1.29, 1.82) is 0 Å². The highest BCUT2D eigenvalue weighted by Gasteiger charge is 2.23. The SMILES string of the molecule is C#C/C(CC1CCC(NC(=C)C(N)/C=C\C(=C)C)CC1)=C(C)/C=C(\CC)NC. The Morgan fingerprint density at radius 1 is 1.25 bits per heavy atom. The van der Waals surface area contributed by atoms with Gasteiger partial charge >= 0.3 is 0 Å². The molecule has 0 aromatic heterocycles. The second-order valence-corrected chi connectivity index (χ2v) is 7.90. The second kappa shape index (κ2) is 12.3. The van der Waals surface area contributed by atoms with Gasteiger partial charge < -0.3 is 16.4 Å². The number of terminal acetylenes is 1. The van der Waals surface area contributed by atoms with Crippen molar-refractivity contribution in [1.82, 2.24) is 10.6 Å². The quantitative estimate of drug-likeness (QED) is 0.370. The summed E-state index contributed by atoms with van der Waals surface area (Å²) in [6.07, 6.45) is 18.5. The lowest BCUT2D eigenvalue weighted by Crippen LogP contribution is -2.38. The van der Waals surface area contributed by atoms with Gasteiger partial charge in [-0.3, -0.25) is 0 Å². The van der Waals surface area contributed by atoms with Crippen molar-refractivity contribution in [2.24, 2.45) is 11.7 Å². The minimum absolute atomic E-state index is 0.181. The second-order valence-electron chi connectivity index (χ2n) is 7.90. The number of rotatable bonds is 10. The van der Waals surface area contributed by atoms with Crippen LogP contribution < -0.4 is 16.4 Å². The van der Waals surface area contributed by atoms with Gasteiger partial charge in [-0.05, 0) is 69.9 Å². The molecular weight excluding hydrogens is 342 g/mol.